The quantitative estimate of drug-likeness (QED) is 0.823. The number of hydrogen-bond donors (Lipinski definition) is 1. The van der Waals surface area contributed by atoms with E-state index in [0.29, 0.717) is 0 Å². The molecule has 0 spiro atoms. The summed E-state index contributed by atoms with van der Waals surface area (Å²) in [5.74, 6) is 0. The minimum atomic E-state index is 0. The predicted octanol–water partition coefficient (Wildman–Crippen LogP) is 4.15. The number of anilines is 1. The number of rotatable bonds is 5. The van der Waals surface area contributed by atoms with E-state index in [2.05, 4.69) is 35.3 Å². The molecule has 0 aromatic heterocycles. The third-order valence-electron chi connectivity index (χ3n) is 5.37. The summed E-state index contributed by atoms with van der Waals surface area (Å²) in [7, 11) is 0. The van der Waals surface area contributed by atoms with Crippen molar-refractivity contribution in [2.75, 3.05) is 38.0 Å². The number of carbonyl (C=O) groups is 1. The van der Waals surface area contributed by atoms with Crippen LogP contribution in [0.25, 0.3) is 0 Å². The van der Waals surface area contributed by atoms with Gasteiger partial charge in [0.2, 0.25) is 0 Å². The number of amides is 2. The molecule has 1 saturated heterocycles. The van der Waals surface area contributed by atoms with Crippen LogP contribution in [-0.2, 0) is 12.8 Å². The van der Waals surface area contributed by atoms with Gasteiger partial charge in [0, 0.05) is 33.3 Å². The van der Waals surface area contributed by atoms with Gasteiger partial charge in [0.1, 0.15) is 0 Å². The van der Waals surface area contributed by atoms with Crippen molar-refractivity contribution in [2.24, 2.45) is 0 Å². The number of benzene rings is 1. The van der Waals surface area contributed by atoms with Gasteiger partial charge in [-0.3, -0.25) is 4.90 Å². The summed E-state index contributed by atoms with van der Waals surface area (Å²) in [6.07, 6.45) is 8.59. The van der Waals surface area contributed by atoms with Crippen LogP contribution in [0.15, 0.2) is 18.2 Å². The largest absolute Gasteiger partial charge is 0.322 e. The summed E-state index contributed by atoms with van der Waals surface area (Å²) >= 11 is 0. The molecule has 1 heterocycles. The molecule has 0 bridgehead atoms. The fourth-order valence-electron chi connectivity index (χ4n) is 3.85. The van der Waals surface area contributed by atoms with Crippen LogP contribution < -0.4 is 5.32 Å². The molecule has 0 unspecified atom stereocenters. The van der Waals surface area contributed by atoms with E-state index < -0.39 is 0 Å². The number of aryl methyl sites for hydroxylation is 1. The van der Waals surface area contributed by atoms with Gasteiger partial charge in [0.25, 0.3) is 0 Å². The Morgan fingerprint density at radius 2 is 1.92 bits per heavy atom. The van der Waals surface area contributed by atoms with Crippen molar-refractivity contribution < 1.29 is 6.22 Å². The molecule has 1 aliphatic heterocycles. The van der Waals surface area contributed by atoms with E-state index in [0.717, 1.165) is 44.7 Å². The zero-order valence-corrected chi connectivity index (χ0v) is 15.0. The average molecular weight is 332 g/mol. The molecule has 3 rings (SSSR count). The van der Waals surface area contributed by atoms with Gasteiger partial charge in [-0.05, 0) is 55.8 Å². The van der Waals surface area contributed by atoms with Crippen LogP contribution in [0.3, 0.4) is 0 Å². The fourth-order valence-corrected chi connectivity index (χ4v) is 3.85. The minimum Gasteiger partial charge on any atom is -0.322 e. The summed E-state index contributed by atoms with van der Waals surface area (Å²) < 4.78 is 0. The average Bonchev–Trinajstić information content (AvgIpc) is 2.63. The molecule has 24 heavy (non-hydrogen) atoms. The first-order valence-electron chi connectivity index (χ1n) is 9.67. The Bertz CT molecular complexity index is 556. The normalized spacial score (nSPS) is 18.3. The van der Waals surface area contributed by atoms with E-state index in [1.54, 1.807) is 0 Å². The highest BCUT2D eigenvalue weighted by atomic mass is 16.2. The van der Waals surface area contributed by atoms with Gasteiger partial charge >= 0.3 is 6.03 Å². The lowest BCUT2D eigenvalue weighted by atomic mass is 9.90. The minimum absolute atomic E-state index is 0. The van der Waals surface area contributed by atoms with Crippen molar-refractivity contribution in [1.82, 2.24) is 9.80 Å². The van der Waals surface area contributed by atoms with Crippen LogP contribution in [0.1, 0.15) is 51.6 Å². The number of unbranched alkanes of at least 4 members (excludes halogenated alkanes) is 2. The second-order valence-electron chi connectivity index (χ2n) is 7.12. The van der Waals surface area contributed by atoms with E-state index in [4.69, 9.17) is 0 Å². The summed E-state index contributed by atoms with van der Waals surface area (Å²) in [6, 6.07) is 6.41. The SMILES string of the molecule is CCCCCN1CCN(C(=O)Nc2cccc3c2CCCC3)CC1.[HH]. The smallest absolute Gasteiger partial charge is 0.321 e. The number of urea groups is 1. The molecular weight excluding hydrogens is 298 g/mol. The molecule has 1 aromatic rings. The van der Waals surface area contributed by atoms with Crippen molar-refractivity contribution in [1.29, 1.82) is 0 Å². The second-order valence-corrected chi connectivity index (χ2v) is 7.12. The molecule has 2 aliphatic rings. The fraction of sp³-hybridized carbons (Fsp3) is 0.650. The Morgan fingerprint density at radius 1 is 1.12 bits per heavy atom. The van der Waals surface area contributed by atoms with Crippen molar-refractivity contribution in [2.45, 2.75) is 51.9 Å². The molecular formula is C20H33N3O. The van der Waals surface area contributed by atoms with E-state index in [1.807, 2.05) is 4.90 Å². The monoisotopic (exact) mass is 331 g/mol. The zero-order valence-electron chi connectivity index (χ0n) is 15.0. The maximum Gasteiger partial charge on any atom is 0.321 e. The van der Waals surface area contributed by atoms with E-state index in [9.17, 15) is 4.79 Å². The Kier molecular flexibility index (Phi) is 6.13. The molecule has 2 amide bonds. The Balaban J connectivity index is 0.00000225. The van der Waals surface area contributed by atoms with E-state index in [-0.39, 0.29) is 7.46 Å². The Morgan fingerprint density at radius 3 is 2.71 bits per heavy atom. The summed E-state index contributed by atoms with van der Waals surface area (Å²) in [4.78, 5) is 17.1. The number of hydrogen-bond acceptors (Lipinski definition) is 2. The summed E-state index contributed by atoms with van der Waals surface area (Å²) in [6.45, 7) is 7.11. The maximum absolute atomic E-state index is 12.6. The zero-order chi connectivity index (χ0) is 16.8. The van der Waals surface area contributed by atoms with Gasteiger partial charge in [-0.2, -0.15) is 0 Å². The van der Waals surface area contributed by atoms with Gasteiger partial charge in [0.05, 0.1) is 0 Å². The lowest BCUT2D eigenvalue weighted by Crippen LogP contribution is -2.50. The number of fused-ring (bicyclic) bond motifs is 1. The molecule has 4 heteroatoms. The number of nitrogens with one attached hydrogen (secondary N) is 1. The first-order chi connectivity index (χ1) is 11.8. The van der Waals surface area contributed by atoms with Gasteiger partial charge in [-0.15, -0.1) is 0 Å². The highest BCUT2D eigenvalue weighted by Crippen LogP contribution is 2.28. The van der Waals surface area contributed by atoms with Crippen LogP contribution >= 0.6 is 0 Å². The molecule has 4 nitrogen and oxygen atoms in total. The maximum atomic E-state index is 12.6. The van der Waals surface area contributed by atoms with Crippen LogP contribution in [0.2, 0.25) is 0 Å². The lowest BCUT2D eigenvalue weighted by molar-refractivity contribution is 0.146. The highest BCUT2D eigenvalue weighted by molar-refractivity contribution is 5.90. The van der Waals surface area contributed by atoms with Crippen molar-refractivity contribution in [3.05, 3.63) is 29.3 Å². The van der Waals surface area contributed by atoms with Crippen molar-refractivity contribution in [3.63, 3.8) is 0 Å². The van der Waals surface area contributed by atoms with Crippen LogP contribution in [0.4, 0.5) is 10.5 Å². The van der Waals surface area contributed by atoms with Crippen LogP contribution in [-0.4, -0.2) is 48.6 Å². The molecule has 1 N–H and O–H groups in total. The van der Waals surface area contributed by atoms with Crippen molar-refractivity contribution >= 4 is 11.7 Å². The van der Waals surface area contributed by atoms with Crippen molar-refractivity contribution in [3.8, 4) is 0 Å². The predicted molar refractivity (Wildman–Crippen MR) is 102 cm³/mol. The molecule has 0 saturated carbocycles. The van der Waals surface area contributed by atoms with Crippen LogP contribution in [0, 0.1) is 0 Å². The molecule has 134 valence electrons. The number of piperazine rings is 1. The molecule has 0 radical (unpaired) electrons. The van der Waals surface area contributed by atoms with Gasteiger partial charge in [0.15, 0.2) is 0 Å². The lowest BCUT2D eigenvalue weighted by Gasteiger charge is -2.35. The molecule has 0 atom stereocenters. The number of carbonyl (C=O) groups excluding carboxylic acids is 1. The van der Waals surface area contributed by atoms with Gasteiger partial charge in [-0.1, -0.05) is 31.9 Å². The Hall–Kier alpha value is -1.55. The molecule has 1 aliphatic carbocycles. The third-order valence-corrected chi connectivity index (χ3v) is 5.37. The van der Waals surface area contributed by atoms with E-state index >= 15 is 0 Å². The topological polar surface area (TPSA) is 35.6 Å². The summed E-state index contributed by atoms with van der Waals surface area (Å²) in [5.41, 5.74) is 3.80. The molecule has 1 aromatic carbocycles. The number of nitrogens with zero attached hydrogens (tertiary/aromatic N) is 2. The van der Waals surface area contributed by atoms with Gasteiger partial charge in [-0.25, -0.2) is 4.79 Å². The van der Waals surface area contributed by atoms with Crippen LogP contribution in [0.5, 0.6) is 0 Å². The molecule has 1 fully saturated rings. The van der Waals surface area contributed by atoms with Gasteiger partial charge < -0.3 is 10.2 Å². The first-order valence-corrected chi connectivity index (χ1v) is 9.67. The Labute approximate surface area is 147 Å². The first kappa shape index (κ1) is 17.3. The summed E-state index contributed by atoms with van der Waals surface area (Å²) in [5, 5.41) is 3.18. The third kappa shape index (κ3) is 4.29. The van der Waals surface area contributed by atoms with E-state index in [1.165, 1.54) is 49.8 Å². The second kappa shape index (κ2) is 8.52. The highest BCUT2D eigenvalue weighted by Gasteiger charge is 2.22. The standard InChI is InChI=1S/C20H31N3O.H2/c1-2-3-6-12-22-13-15-23(16-14-22)20(24)21-19-11-7-9-17-8-4-5-10-18(17)19;/h7,9,11H,2-6,8,10,12-16H2,1H3,(H,21,24);1H.